The van der Waals surface area contributed by atoms with Crippen LogP contribution in [0.2, 0.25) is 0 Å². The van der Waals surface area contributed by atoms with Crippen LogP contribution in [0.15, 0.2) is 36.4 Å². The minimum Gasteiger partial charge on any atom is -0.306 e. The SMILES string of the molecule is Cc1ccc(C(C)NCc2cc(F)cc(F)c2)c(C)c1. The van der Waals surface area contributed by atoms with Crippen LogP contribution in [0.4, 0.5) is 8.78 Å². The van der Waals surface area contributed by atoms with Crippen LogP contribution in [0.5, 0.6) is 0 Å². The summed E-state index contributed by atoms with van der Waals surface area (Å²) in [6.07, 6.45) is 0. The van der Waals surface area contributed by atoms with E-state index in [-0.39, 0.29) is 6.04 Å². The summed E-state index contributed by atoms with van der Waals surface area (Å²) in [5.41, 5.74) is 4.26. The molecule has 0 amide bonds. The van der Waals surface area contributed by atoms with Crippen molar-refractivity contribution in [2.75, 3.05) is 0 Å². The molecule has 0 aliphatic carbocycles. The molecule has 106 valence electrons. The van der Waals surface area contributed by atoms with E-state index < -0.39 is 11.6 Å². The zero-order valence-electron chi connectivity index (χ0n) is 12.0. The summed E-state index contributed by atoms with van der Waals surface area (Å²) in [6, 6.07) is 10.0. The van der Waals surface area contributed by atoms with E-state index in [1.807, 2.05) is 6.92 Å². The Labute approximate surface area is 118 Å². The average Bonchev–Trinajstić information content (AvgIpc) is 2.35. The summed E-state index contributed by atoms with van der Waals surface area (Å²) in [6.45, 7) is 6.61. The van der Waals surface area contributed by atoms with E-state index in [0.29, 0.717) is 12.1 Å². The Hall–Kier alpha value is -1.74. The smallest absolute Gasteiger partial charge is 0.126 e. The van der Waals surface area contributed by atoms with Crippen molar-refractivity contribution in [1.29, 1.82) is 0 Å². The molecular weight excluding hydrogens is 256 g/mol. The Morgan fingerprint density at radius 2 is 1.65 bits per heavy atom. The van der Waals surface area contributed by atoms with Gasteiger partial charge >= 0.3 is 0 Å². The minimum atomic E-state index is -0.541. The van der Waals surface area contributed by atoms with Gasteiger partial charge in [-0.15, -0.1) is 0 Å². The summed E-state index contributed by atoms with van der Waals surface area (Å²) in [7, 11) is 0. The van der Waals surface area contributed by atoms with Crippen molar-refractivity contribution in [2.24, 2.45) is 0 Å². The second-order valence-corrected chi connectivity index (χ2v) is 5.24. The summed E-state index contributed by atoms with van der Waals surface area (Å²) in [5.74, 6) is -1.08. The van der Waals surface area contributed by atoms with Crippen molar-refractivity contribution in [2.45, 2.75) is 33.4 Å². The molecule has 2 aromatic rings. The molecular formula is C17H19F2N. The van der Waals surface area contributed by atoms with E-state index >= 15 is 0 Å². The van der Waals surface area contributed by atoms with Gasteiger partial charge in [0.15, 0.2) is 0 Å². The number of rotatable bonds is 4. The van der Waals surface area contributed by atoms with Gasteiger partial charge in [0, 0.05) is 18.7 Å². The van der Waals surface area contributed by atoms with Crippen molar-refractivity contribution >= 4 is 0 Å². The van der Waals surface area contributed by atoms with Crippen LogP contribution in [-0.2, 0) is 6.54 Å². The van der Waals surface area contributed by atoms with Gasteiger partial charge in [0.2, 0.25) is 0 Å². The lowest BCUT2D eigenvalue weighted by molar-refractivity contribution is 0.553. The van der Waals surface area contributed by atoms with Gasteiger partial charge in [-0.1, -0.05) is 23.8 Å². The van der Waals surface area contributed by atoms with E-state index in [4.69, 9.17) is 0 Å². The lowest BCUT2D eigenvalue weighted by Crippen LogP contribution is -2.19. The molecule has 20 heavy (non-hydrogen) atoms. The zero-order valence-corrected chi connectivity index (χ0v) is 12.0. The van der Waals surface area contributed by atoms with Crippen LogP contribution in [0.1, 0.15) is 35.2 Å². The maximum Gasteiger partial charge on any atom is 0.126 e. The Morgan fingerprint density at radius 1 is 1.00 bits per heavy atom. The largest absolute Gasteiger partial charge is 0.306 e. The highest BCUT2D eigenvalue weighted by molar-refractivity contribution is 5.32. The molecule has 1 nitrogen and oxygen atoms in total. The van der Waals surface area contributed by atoms with Gasteiger partial charge in [-0.05, 0) is 49.6 Å². The molecule has 1 atom stereocenters. The topological polar surface area (TPSA) is 12.0 Å². The number of hydrogen-bond acceptors (Lipinski definition) is 1. The second-order valence-electron chi connectivity index (χ2n) is 5.24. The monoisotopic (exact) mass is 275 g/mol. The molecule has 0 bridgehead atoms. The Balaban J connectivity index is 2.06. The van der Waals surface area contributed by atoms with Gasteiger partial charge in [0.05, 0.1) is 0 Å². The molecule has 0 heterocycles. The summed E-state index contributed by atoms with van der Waals surface area (Å²) >= 11 is 0. The molecule has 3 heteroatoms. The summed E-state index contributed by atoms with van der Waals surface area (Å²) in [4.78, 5) is 0. The molecule has 0 saturated carbocycles. The van der Waals surface area contributed by atoms with Gasteiger partial charge < -0.3 is 5.32 Å². The molecule has 0 aliphatic heterocycles. The van der Waals surface area contributed by atoms with Crippen LogP contribution in [-0.4, -0.2) is 0 Å². The number of nitrogens with one attached hydrogen (secondary N) is 1. The van der Waals surface area contributed by atoms with Crippen molar-refractivity contribution in [3.8, 4) is 0 Å². The molecule has 1 N–H and O–H groups in total. The van der Waals surface area contributed by atoms with E-state index in [9.17, 15) is 8.78 Å². The molecule has 0 spiro atoms. The average molecular weight is 275 g/mol. The van der Waals surface area contributed by atoms with Gasteiger partial charge in [0.25, 0.3) is 0 Å². The van der Waals surface area contributed by atoms with Gasteiger partial charge in [-0.2, -0.15) is 0 Å². The van der Waals surface area contributed by atoms with Crippen LogP contribution in [0.3, 0.4) is 0 Å². The Bertz CT molecular complexity index is 588. The first-order chi connectivity index (χ1) is 9.45. The first-order valence-electron chi connectivity index (χ1n) is 6.71. The van der Waals surface area contributed by atoms with Gasteiger partial charge in [0.1, 0.15) is 11.6 Å². The normalized spacial score (nSPS) is 12.4. The van der Waals surface area contributed by atoms with E-state index in [0.717, 1.165) is 6.07 Å². The Kier molecular flexibility index (Phi) is 4.50. The lowest BCUT2D eigenvalue weighted by Gasteiger charge is -2.17. The highest BCUT2D eigenvalue weighted by atomic mass is 19.1. The number of hydrogen-bond donors (Lipinski definition) is 1. The molecule has 0 aromatic heterocycles. The van der Waals surface area contributed by atoms with Crippen molar-refractivity contribution in [3.05, 3.63) is 70.3 Å². The highest BCUT2D eigenvalue weighted by Gasteiger charge is 2.08. The standard InChI is InChI=1S/C17H19F2N/c1-11-4-5-17(12(2)6-11)13(3)20-10-14-7-15(18)9-16(19)8-14/h4-9,13,20H,10H2,1-3H3. The molecule has 0 fully saturated rings. The first-order valence-corrected chi connectivity index (χ1v) is 6.71. The molecule has 1 unspecified atom stereocenters. The zero-order chi connectivity index (χ0) is 14.7. The first kappa shape index (κ1) is 14.7. The molecule has 0 saturated heterocycles. The van der Waals surface area contributed by atoms with Crippen molar-refractivity contribution < 1.29 is 8.78 Å². The van der Waals surface area contributed by atoms with Gasteiger partial charge in [-0.25, -0.2) is 8.78 Å². The maximum absolute atomic E-state index is 13.1. The number of benzene rings is 2. The lowest BCUT2D eigenvalue weighted by atomic mass is 10.00. The van der Waals surface area contributed by atoms with Crippen LogP contribution < -0.4 is 5.32 Å². The van der Waals surface area contributed by atoms with E-state index in [2.05, 4.69) is 37.4 Å². The van der Waals surface area contributed by atoms with Gasteiger partial charge in [-0.3, -0.25) is 0 Å². The predicted octanol–water partition coefficient (Wildman–Crippen LogP) is 4.43. The maximum atomic E-state index is 13.1. The quantitative estimate of drug-likeness (QED) is 0.870. The van der Waals surface area contributed by atoms with Crippen LogP contribution in [0, 0.1) is 25.5 Å². The molecule has 0 radical (unpaired) electrons. The third kappa shape index (κ3) is 3.64. The third-order valence-electron chi connectivity index (χ3n) is 3.43. The fourth-order valence-corrected chi connectivity index (χ4v) is 2.41. The fourth-order valence-electron chi connectivity index (χ4n) is 2.41. The van der Waals surface area contributed by atoms with Crippen LogP contribution in [0.25, 0.3) is 0 Å². The van der Waals surface area contributed by atoms with Crippen molar-refractivity contribution in [3.63, 3.8) is 0 Å². The number of aryl methyl sites for hydroxylation is 2. The van der Waals surface area contributed by atoms with Crippen molar-refractivity contribution in [1.82, 2.24) is 5.32 Å². The summed E-state index contributed by atoms with van der Waals surface area (Å²) in [5, 5.41) is 3.30. The molecule has 0 aliphatic rings. The molecule has 2 aromatic carbocycles. The highest BCUT2D eigenvalue weighted by Crippen LogP contribution is 2.19. The second kappa shape index (κ2) is 6.14. The third-order valence-corrected chi connectivity index (χ3v) is 3.43. The van der Waals surface area contributed by atoms with E-state index in [1.165, 1.54) is 28.8 Å². The van der Waals surface area contributed by atoms with Crippen LogP contribution >= 0.6 is 0 Å². The minimum absolute atomic E-state index is 0.127. The van der Waals surface area contributed by atoms with E-state index in [1.54, 1.807) is 0 Å². The summed E-state index contributed by atoms with van der Waals surface area (Å²) < 4.78 is 26.2. The fraction of sp³-hybridized carbons (Fsp3) is 0.294. The Morgan fingerprint density at radius 3 is 2.25 bits per heavy atom. The number of halogens is 2. The predicted molar refractivity (Wildman–Crippen MR) is 77.5 cm³/mol. The molecule has 2 rings (SSSR count).